The molecule has 6 heteroatoms. The molecule has 4 nitrogen and oxygen atoms in total. The van der Waals surface area contributed by atoms with E-state index in [0.29, 0.717) is 16.7 Å². The smallest absolute Gasteiger partial charge is 0.227 e. The normalized spacial score (nSPS) is 10.5. The van der Waals surface area contributed by atoms with E-state index in [4.69, 9.17) is 16.3 Å². The molecule has 0 aliphatic rings. The van der Waals surface area contributed by atoms with Gasteiger partial charge in [-0.25, -0.2) is 4.98 Å². The van der Waals surface area contributed by atoms with Gasteiger partial charge in [-0.05, 0) is 31.5 Å². The quantitative estimate of drug-likeness (QED) is 0.805. The van der Waals surface area contributed by atoms with E-state index in [1.165, 1.54) is 0 Å². The Balaban J connectivity index is 2.42. The number of aromatic nitrogens is 2. The SMILES string of the molecule is CCCc1nc(NC)c(C)c(Oc2cc(Br)ccc2Cl)n1. The summed E-state index contributed by atoms with van der Waals surface area (Å²) in [5.41, 5.74) is 0.855. The predicted octanol–water partition coefficient (Wildman–Crippen LogP) is 4.99. The minimum atomic E-state index is 0.526. The highest BCUT2D eigenvalue weighted by molar-refractivity contribution is 9.10. The molecule has 112 valence electrons. The monoisotopic (exact) mass is 369 g/mol. The van der Waals surface area contributed by atoms with E-state index in [1.54, 1.807) is 6.07 Å². The lowest BCUT2D eigenvalue weighted by Crippen LogP contribution is -2.05. The van der Waals surface area contributed by atoms with Crippen LogP contribution < -0.4 is 10.1 Å². The number of hydrogen-bond donors (Lipinski definition) is 1. The van der Waals surface area contributed by atoms with Crippen molar-refractivity contribution in [2.75, 3.05) is 12.4 Å². The molecule has 1 aromatic heterocycles. The molecular formula is C15H17BrClN3O. The molecule has 21 heavy (non-hydrogen) atoms. The van der Waals surface area contributed by atoms with Crippen molar-refractivity contribution in [1.29, 1.82) is 0 Å². The fourth-order valence-electron chi connectivity index (χ4n) is 1.88. The van der Waals surface area contributed by atoms with Crippen molar-refractivity contribution in [3.05, 3.63) is 39.1 Å². The summed E-state index contributed by atoms with van der Waals surface area (Å²) in [6, 6.07) is 5.47. The second-order valence-electron chi connectivity index (χ2n) is 4.60. The summed E-state index contributed by atoms with van der Waals surface area (Å²) in [4.78, 5) is 8.97. The second kappa shape index (κ2) is 7.09. The van der Waals surface area contributed by atoms with Crippen molar-refractivity contribution in [1.82, 2.24) is 9.97 Å². The highest BCUT2D eigenvalue weighted by Crippen LogP contribution is 2.33. The molecule has 0 bridgehead atoms. The van der Waals surface area contributed by atoms with Crippen LogP contribution in [0.25, 0.3) is 0 Å². The van der Waals surface area contributed by atoms with Gasteiger partial charge in [0, 0.05) is 17.9 Å². The molecular weight excluding hydrogens is 354 g/mol. The lowest BCUT2D eigenvalue weighted by Gasteiger charge is -2.13. The van der Waals surface area contributed by atoms with Gasteiger partial charge in [0.05, 0.1) is 10.6 Å². The highest BCUT2D eigenvalue weighted by atomic mass is 79.9. The van der Waals surface area contributed by atoms with Crippen LogP contribution in [0.2, 0.25) is 5.02 Å². The Hall–Kier alpha value is -1.33. The maximum absolute atomic E-state index is 6.17. The van der Waals surface area contributed by atoms with E-state index < -0.39 is 0 Å². The molecule has 0 aliphatic heterocycles. The number of nitrogens with zero attached hydrogens (tertiary/aromatic N) is 2. The van der Waals surface area contributed by atoms with Crippen LogP contribution in [0.15, 0.2) is 22.7 Å². The van der Waals surface area contributed by atoms with E-state index in [-0.39, 0.29) is 0 Å². The van der Waals surface area contributed by atoms with Gasteiger partial charge in [-0.2, -0.15) is 4.98 Å². The molecule has 0 atom stereocenters. The van der Waals surface area contributed by atoms with Crippen LogP contribution in [0.1, 0.15) is 24.7 Å². The third-order valence-corrected chi connectivity index (χ3v) is 3.76. The molecule has 0 saturated heterocycles. The average molecular weight is 371 g/mol. The Labute approximate surface area is 138 Å². The summed E-state index contributed by atoms with van der Waals surface area (Å²) < 4.78 is 6.80. The van der Waals surface area contributed by atoms with Crippen molar-refractivity contribution in [3.63, 3.8) is 0 Å². The molecule has 0 spiro atoms. The molecule has 0 aliphatic carbocycles. The van der Waals surface area contributed by atoms with Gasteiger partial charge in [0.15, 0.2) is 0 Å². The third-order valence-electron chi connectivity index (χ3n) is 2.96. The first-order valence-electron chi connectivity index (χ1n) is 6.73. The number of anilines is 1. The van der Waals surface area contributed by atoms with Crippen LogP contribution in [0.3, 0.4) is 0 Å². The topological polar surface area (TPSA) is 47.0 Å². The second-order valence-corrected chi connectivity index (χ2v) is 5.92. The maximum Gasteiger partial charge on any atom is 0.227 e. The lowest BCUT2D eigenvalue weighted by atomic mass is 10.2. The van der Waals surface area contributed by atoms with Crippen molar-refractivity contribution < 1.29 is 4.74 Å². The summed E-state index contributed by atoms with van der Waals surface area (Å²) >= 11 is 9.58. The van der Waals surface area contributed by atoms with Crippen molar-refractivity contribution in [3.8, 4) is 11.6 Å². The van der Waals surface area contributed by atoms with Crippen LogP contribution in [0, 0.1) is 6.92 Å². The van der Waals surface area contributed by atoms with E-state index in [9.17, 15) is 0 Å². The first-order valence-corrected chi connectivity index (χ1v) is 7.90. The lowest BCUT2D eigenvalue weighted by molar-refractivity contribution is 0.454. The number of benzene rings is 1. The number of aryl methyl sites for hydroxylation is 1. The van der Waals surface area contributed by atoms with E-state index in [0.717, 1.165) is 34.5 Å². The minimum absolute atomic E-state index is 0.526. The van der Waals surface area contributed by atoms with Gasteiger partial charge >= 0.3 is 0 Å². The predicted molar refractivity (Wildman–Crippen MR) is 89.5 cm³/mol. The van der Waals surface area contributed by atoms with Crippen LogP contribution in [0.4, 0.5) is 5.82 Å². The molecule has 2 rings (SSSR count). The Morgan fingerprint density at radius 3 is 2.76 bits per heavy atom. The van der Waals surface area contributed by atoms with Gasteiger partial charge in [-0.3, -0.25) is 0 Å². The van der Waals surface area contributed by atoms with Crippen LogP contribution >= 0.6 is 27.5 Å². The number of rotatable bonds is 5. The van der Waals surface area contributed by atoms with Gasteiger partial charge in [0.1, 0.15) is 17.4 Å². The maximum atomic E-state index is 6.17. The van der Waals surface area contributed by atoms with E-state index >= 15 is 0 Å². The third kappa shape index (κ3) is 3.86. The van der Waals surface area contributed by atoms with Crippen LogP contribution in [0.5, 0.6) is 11.6 Å². The molecule has 1 heterocycles. The Morgan fingerprint density at radius 2 is 2.10 bits per heavy atom. The Kier molecular flexibility index (Phi) is 5.42. The number of hydrogen-bond acceptors (Lipinski definition) is 4. The van der Waals surface area contributed by atoms with Crippen LogP contribution in [-0.4, -0.2) is 17.0 Å². The fraction of sp³-hybridized carbons (Fsp3) is 0.333. The average Bonchev–Trinajstić information content (AvgIpc) is 2.46. The summed E-state index contributed by atoms with van der Waals surface area (Å²) in [5, 5.41) is 3.61. The zero-order valence-electron chi connectivity index (χ0n) is 12.2. The number of ether oxygens (including phenoxy) is 1. The summed E-state index contributed by atoms with van der Waals surface area (Å²) in [5.74, 6) is 2.62. The minimum Gasteiger partial charge on any atom is -0.437 e. The molecule has 1 aromatic carbocycles. The summed E-state index contributed by atoms with van der Waals surface area (Å²) in [6.45, 7) is 4.01. The fourth-order valence-corrected chi connectivity index (χ4v) is 2.37. The number of halogens is 2. The van der Waals surface area contributed by atoms with Crippen molar-refractivity contribution in [2.45, 2.75) is 26.7 Å². The van der Waals surface area contributed by atoms with Gasteiger partial charge in [-0.15, -0.1) is 0 Å². The van der Waals surface area contributed by atoms with E-state index in [2.05, 4.69) is 38.1 Å². The van der Waals surface area contributed by atoms with Crippen molar-refractivity contribution in [2.24, 2.45) is 0 Å². The standard InChI is InChI=1S/C15H17BrClN3O/c1-4-5-13-19-14(18-3)9(2)15(20-13)21-12-8-10(16)6-7-11(12)17/h6-8H,4-5H2,1-3H3,(H,18,19,20). The Bertz CT molecular complexity index is 649. The molecule has 1 N–H and O–H groups in total. The highest BCUT2D eigenvalue weighted by Gasteiger charge is 2.13. The Morgan fingerprint density at radius 1 is 1.33 bits per heavy atom. The molecule has 2 aromatic rings. The van der Waals surface area contributed by atoms with E-state index in [1.807, 2.05) is 26.1 Å². The largest absolute Gasteiger partial charge is 0.437 e. The zero-order valence-corrected chi connectivity index (χ0v) is 14.5. The zero-order chi connectivity index (χ0) is 15.4. The first-order chi connectivity index (χ1) is 10.0. The molecule has 0 radical (unpaired) electrons. The number of nitrogens with one attached hydrogen (secondary N) is 1. The molecule has 0 amide bonds. The summed E-state index contributed by atoms with van der Waals surface area (Å²) in [7, 11) is 1.83. The van der Waals surface area contributed by atoms with Crippen LogP contribution in [-0.2, 0) is 6.42 Å². The van der Waals surface area contributed by atoms with Gasteiger partial charge < -0.3 is 10.1 Å². The molecule has 0 unspecified atom stereocenters. The van der Waals surface area contributed by atoms with Crippen molar-refractivity contribution >= 4 is 33.3 Å². The van der Waals surface area contributed by atoms with Gasteiger partial charge in [-0.1, -0.05) is 34.5 Å². The van der Waals surface area contributed by atoms with Gasteiger partial charge in [0.2, 0.25) is 5.88 Å². The molecule has 0 fully saturated rings. The van der Waals surface area contributed by atoms with Gasteiger partial charge in [0.25, 0.3) is 0 Å². The summed E-state index contributed by atoms with van der Waals surface area (Å²) in [6.07, 6.45) is 1.78. The molecule has 0 saturated carbocycles. The first kappa shape index (κ1) is 16.0.